The number of anilines is 1. The molecule has 1 fully saturated rings. The van der Waals surface area contributed by atoms with Gasteiger partial charge in [-0.2, -0.15) is 0 Å². The molecule has 5 heteroatoms. The van der Waals surface area contributed by atoms with Crippen LogP contribution in [0, 0.1) is 0 Å². The van der Waals surface area contributed by atoms with Gasteiger partial charge in [-0.15, -0.1) is 0 Å². The highest BCUT2D eigenvalue weighted by atomic mass is 16.6. The molecule has 0 aromatic heterocycles. The Bertz CT molecular complexity index is 720. The molecule has 2 heterocycles. The van der Waals surface area contributed by atoms with E-state index in [9.17, 15) is 4.79 Å². The van der Waals surface area contributed by atoms with Crippen LogP contribution in [0.4, 0.5) is 5.69 Å². The number of hydrogen-bond donors (Lipinski definition) is 1. The summed E-state index contributed by atoms with van der Waals surface area (Å²) in [4.78, 5) is 14.9. The van der Waals surface area contributed by atoms with E-state index in [1.54, 1.807) is 0 Å². The molecule has 0 radical (unpaired) electrons. The molecule has 2 aromatic carbocycles. The smallest absolute Gasteiger partial charge is 0.349 e. The minimum absolute atomic E-state index is 0.0445. The third-order valence-corrected chi connectivity index (χ3v) is 4.52. The maximum atomic E-state index is 12.6. The Kier molecular flexibility index (Phi) is 4.09. The highest BCUT2D eigenvalue weighted by Crippen LogP contribution is 2.36. The van der Waals surface area contributed by atoms with Crippen molar-refractivity contribution in [3.63, 3.8) is 0 Å². The molecule has 0 spiro atoms. The van der Waals surface area contributed by atoms with Crippen LogP contribution >= 0.6 is 0 Å². The van der Waals surface area contributed by atoms with Gasteiger partial charge in [0.05, 0.1) is 11.7 Å². The Hall–Kier alpha value is -2.53. The predicted octanol–water partition coefficient (Wildman–Crippen LogP) is 1.97. The summed E-state index contributed by atoms with van der Waals surface area (Å²) in [5, 5.41) is 3.34. The number of fused-ring (bicyclic) bond motifs is 3. The molecule has 0 amide bonds. The number of carbonyl (C=O) groups is 1. The van der Waals surface area contributed by atoms with E-state index >= 15 is 0 Å². The highest BCUT2D eigenvalue weighted by molar-refractivity contribution is 5.79. The Balaban J connectivity index is 1.52. The van der Waals surface area contributed by atoms with Crippen molar-refractivity contribution in [2.75, 3.05) is 24.5 Å². The molecular weight excluding hydrogens is 304 g/mol. The van der Waals surface area contributed by atoms with Gasteiger partial charge in [0, 0.05) is 19.6 Å². The fourth-order valence-electron chi connectivity index (χ4n) is 3.32. The zero-order chi connectivity index (χ0) is 16.4. The van der Waals surface area contributed by atoms with Crippen LogP contribution in [0.1, 0.15) is 5.56 Å². The van der Waals surface area contributed by atoms with Crippen molar-refractivity contribution < 1.29 is 14.3 Å². The maximum absolute atomic E-state index is 12.6. The van der Waals surface area contributed by atoms with E-state index in [1.807, 2.05) is 54.6 Å². The number of nitrogens with one attached hydrogen (secondary N) is 1. The van der Waals surface area contributed by atoms with E-state index < -0.39 is 6.10 Å². The number of ether oxygens (including phenoxy) is 2. The monoisotopic (exact) mass is 324 g/mol. The Morgan fingerprint density at radius 2 is 1.96 bits per heavy atom. The first-order valence-corrected chi connectivity index (χ1v) is 8.26. The zero-order valence-corrected chi connectivity index (χ0v) is 13.4. The molecule has 1 saturated heterocycles. The number of para-hydroxylation sites is 2. The number of benzene rings is 2. The molecule has 2 aromatic rings. The molecule has 0 bridgehead atoms. The van der Waals surface area contributed by atoms with E-state index in [0.717, 1.165) is 30.1 Å². The van der Waals surface area contributed by atoms with Crippen LogP contribution in [0.25, 0.3) is 0 Å². The van der Waals surface area contributed by atoms with E-state index in [1.165, 1.54) is 0 Å². The summed E-state index contributed by atoms with van der Waals surface area (Å²) < 4.78 is 11.5. The van der Waals surface area contributed by atoms with Gasteiger partial charge in [0.2, 0.25) is 6.10 Å². The first kappa shape index (κ1) is 15.0. The topological polar surface area (TPSA) is 50.8 Å². The maximum Gasteiger partial charge on any atom is 0.349 e. The summed E-state index contributed by atoms with van der Waals surface area (Å²) in [5.41, 5.74) is 2.02. The molecule has 5 nitrogen and oxygen atoms in total. The number of carbonyl (C=O) groups excluding carboxylic acids is 1. The molecule has 2 aliphatic rings. The van der Waals surface area contributed by atoms with Crippen LogP contribution in [0.5, 0.6) is 5.75 Å². The lowest BCUT2D eigenvalue weighted by Crippen LogP contribution is -2.62. The van der Waals surface area contributed by atoms with Gasteiger partial charge in [-0.05, 0) is 17.7 Å². The van der Waals surface area contributed by atoms with Gasteiger partial charge in [-0.1, -0.05) is 42.5 Å². The average Bonchev–Trinajstić information content (AvgIpc) is 2.66. The third-order valence-electron chi connectivity index (χ3n) is 4.52. The molecule has 1 N–H and O–H groups in total. The molecular formula is C19H20N2O3. The fourth-order valence-corrected chi connectivity index (χ4v) is 3.32. The Morgan fingerprint density at radius 3 is 2.83 bits per heavy atom. The Morgan fingerprint density at radius 1 is 1.17 bits per heavy atom. The standard InChI is InChI=1S/C19H20N2O3/c22-19(23-13-14-6-2-1-3-7-14)18-16-12-20-10-11-21(16)15-8-4-5-9-17(15)24-18/h1-9,16,18,20H,10-13H2. The normalized spacial score (nSPS) is 22.1. The summed E-state index contributed by atoms with van der Waals surface area (Å²) in [6, 6.07) is 17.5. The predicted molar refractivity (Wildman–Crippen MR) is 91.1 cm³/mol. The molecule has 2 unspecified atom stereocenters. The van der Waals surface area contributed by atoms with Crippen molar-refractivity contribution in [1.29, 1.82) is 0 Å². The third kappa shape index (κ3) is 2.83. The van der Waals surface area contributed by atoms with Crippen molar-refractivity contribution >= 4 is 11.7 Å². The van der Waals surface area contributed by atoms with Gasteiger partial charge in [0.25, 0.3) is 0 Å². The second kappa shape index (κ2) is 6.53. The molecule has 2 aliphatic heterocycles. The summed E-state index contributed by atoms with van der Waals surface area (Å²) in [6.45, 7) is 2.73. The van der Waals surface area contributed by atoms with Crippen LogP contribution < -0.4 is 15.0 Å². The summed E-state index contributed by atoms with van der Waals surface area (Å²) >= 11 is 0. The van der Waals surface area contributed by atoms with E-state index in [2.05, 4.69) is 10.2 Å². The van der Waals surface area contributed by atoms with Gasteiger partial charge >= 0.3 is 5.97 Å². The molecule has 0 saturated carbocycles. The van der Waals surface area contributed by atoms with Crippen LogP contribution in [0.15, 0.2) is 54.6 Å². The number of esters is 1. The summed E-state index contributed by atoms with van der Waals surface area (Å²) in [5.74, 6) is 0.435. The number of piperazine rings is 1. The first-order chi connectivity index (χ1) is 11.8. The largest absolute Gasteiger partial charge is 0.474 e. The van der Waals surface area contributed by atoms with Crippen LogP contribution in [0.3, 0.4) is 0 Å². The van der Waals surface area contributed by atoms with Gasteiger partial charge in [0.15, 0.2) is 0 Å². The van der Waals surface area contributed by atoms with Gasteiger partial charge in [-0.3, -0.25) is 0 Å². The number of hydrogen-bond acceptors (Lipinski definition) is 5. The minimum Gasteiger partial charge on any atom is -0.474 e. The van der Waals surface area contributed by atoms with E-state index in [0.29, 0.717) is 6.54 Å². The van der Waals surface area contributed by atoms with Gasteiger partial charge in [0.1, 0.15) is 12.4 Å². The first-order valence-electron chi connectivity index (χ1n) is 8.26. The van der Waals surface area contributed by atoms with Crippen LogP contribution in [-0.2, 0) is 16.1 Å². The fraction of sp³-hybridized carbons (Fsp3) is 0.316. The quantitative estimate of drug-likeness (QED) is 0.875. The van der Waals surface area contributed by atoms with Crippen LogP contribution in [-0.4, -0.2) is 37.7 Å². The molecule has 24 heavy (non-hydrogen) atoms. The minimum atomic E-state index is -0.614. The van der Waals surface area contributed by atoms with Crippen molar-refractivity contribution in [1.82, 2.24) is 5.32 Å². The van der Waals surface area contributed by atoms with Crippen molar-refractivity contribution in [3.8, 4) is 5.75 Å². The van der Waals surface area contributed by atoms with Gasteiger partial charge < -0.3 is 19.7 Å². The zero-order valence-electron chi connectivity index (χ0n) is 13.4. The van der Waals surface area contributed by atoms with E-state index in [4.69, 9.17) is 9.47 Å². The van der Waals surface area contributed by atoms with Crippen molar-refractivity contribution in [2.24, 2.45) is 0 Å². The summed E-state index contributed by atoms with van der Waals surface area (Å²) in [6.07, 6.45) is -0.614. The molecule has 4 rings (SSSR count). The lowest BCUT2D eigenvalue weighted by atomic mass is 10.0. The number of nitrogens with zero attached hydrogens (tertiary/aromatic N) is 1. The van der Waals surface area contributed by atoms with E-state index in [-0.39, 0.29) is 18.6 Å². The summed E-state index contributed by atoms with van der Waals surface area (Å²) in [7, 11) is 0. The SMILES string of the molecule is O=C(OCc1ccccc1)C1Oc2ccccc2N2CCNCC12. The van der Waals surface area contributed by atoms with Crippen LogP contribution in [0.2, 0.25) is 0 Å². The molecule has 2 atom stereocenters. The molecule has 124 valence electrons. The Labute approximate surface area is 141 Å². The molecule has 0 aliphatic carbocycles. The average molecular weight is 324 g/mol. The second-order valence-electron chi connectivity index (χ2n) is 6.06. The number of rotatable bonds is 3. The van der Waals surface area contributed by atoms with Gasteiger partial charge in [-0.25, -0.2) is 4.79 Å². The lowest BCUT2D eigenvalue weighted by molar-refractivity contribution is -0.155. The lowest BCUT2D eigenvalue weighted by Gasteiger charge is -2.45. The highest BCUT2D eigenvalue weighted by Gasteiger charge is 2.42. The van der Waals surface area contributed by atoms with Crippen molar-refractivity contribution in [2.45, 2.75) is 18.8 Å². The second-order valence-corrected chi connectivity index (χ2v) is 6.06. The van der Waals surface area contributed by atoms with Crippen molar-refractivity contribution in [3.05, 3.63) is 60.2 Å².